The van der Waals surface area contributed by atoms with Crippen molar-refractivity contribution < 1.29 is 5.11 Å². The van der Waals surface area contributed by atoms with Gasteiger partial charge in [0, 0.05) is 17.6 Å². The van der Waals surface area contributed by atoms with Gasteiger partial charge in [0.2, 0.25) is 0 Å². The van der Waals surface area contributed by atoms with Crippen LogP contribution in [0.5, 0.6) is 5.75 Å². The molecular formula is C11H12N2O. The molecule has 0 bridgehead atoms. The Balaban J connectivity index is 2.82. The number of aromatic nitrogens is 1. The van der Waals surface area contributed by atoms with Gasteiger partial charge in [-0.1, -0.05) is 6.07 Å². The molecule has 3 nitrogen and oxygen atoms in total. The molecule has 0 saturated heterocycles. The summed E-state index contributed by atoms with van der Waals surface area (Å²) in [6.45, 7) is 1.90. The first-order chi connectivity index (χ1) is 6.70. The molecule has 1 aromatic carbocycles. The summed E-state index contributed by atoms with van der Waals surface area (Å²) in [4.78, 5) is 4.22. The summed E-state index contributed by atoms with van der Waals surface area (Å²) in [5, 5.41) is 10.3. The predicted molar refractivity (Wildman–Crippen MR) is 56.0 cm³/mol. The van der Waals surface area contributed by atoms with Crippen LogP contribution in [0.3, 0.4) is 0 Å². The van der Waals surface area contributed by atoms with Gasteiger partial charge in [-0.25, -0.2) is 0 Å². The first kappa shape index (κ1) is 8.97. The average Bonchev–Trinajstić information content (AvgIpc) is 2.18. The van der Waals surface area contributed by atoms with E-state index in [4.69, 9.17) is 5.73 Å². The maximum Gasteiger partial charge on any atom is 0.124 e. The molecule has 0 aliphatic carbocycles. The van der Waals surface area contributed by atoms with Crippen LogP contribution in [0, 0.1) is 0 Å². The van der Waals surface area contributed by atoms with Gasteiger partial charge in [0.15, 0.2) is 0 Å². The lowest BCUT2D eigenvalue weighted by Crippen LogP contribution is -2.05. The summed E-state index contributed by atoms with van der Waals surface area (Å²) in [5.74, 6) is 0.248. The second-order valence-corrected chi connectivity index (χ2v) is 3.36. The molecule has 3 N–H and O–H groups in total. The minimum atomic E-state index is -0.0759. The fourth-order valence-electron chi connectivity index (χ4n) is 1.55. The summed E-state index contributed by atoms with van der Waals surface area (Å²) in [6.07, 6.45) is 1.70. The third-order valence-electron chi connectivity index (χ3n) is 2.27. The van der Waals surface area contributed by atoms with Gasteiger partial charge in [0.25, 0.3) is 0 Å². The van der Waals surface area contributed by atoms with E-state index in [0.717, 1.165) is 16.5 Å². The summed E-state index contributed by atoms with van der Waals surface area (Å²) in [6, 6.07) is 7.03. The minimum Gasteiger partial charge on any atom is -0.507 e. The first-order valence-electron chi connectivity index (χ1n) is 4.52. The molecule has 0 aliphatic heterocycles. The number of phenols is 1. The Morgan fingerprint density at radius 2 is 2.14 bits per heavy atom. The third kappa shape index (κ3) is 1.32. The third-order valence-corrected chi connectivity index (χ3v) is 2.27. The molecule has 0 saturated carbocycles. The lowest BCUT2D eigenvalue weighted by molar-refractivity contribution is 0.481. The number of pyridine rings is 1. The van der Waals surface area contributed by atoms with Crippen LogP contribution in [0.25, 0.3) is 10.9 Å². The number of nitrogens with two attached hydrogens (primary N) is 1. The predicted octanol–water partition coefficient (Wildman–Crippen LogP) is 1.96. The Kier molecular flexibility index (Phi) is 2.09. The Bertz CT molecular complexity index is 466. The molecule has 0 amide bonds. The number of phenolic OH excluding ortho intramolecular Hbond substituents is 1. The lowest BCUT2D eigenvalue weighted by atomic mass is 10.0. The molecular weight excluding hydrogens is 176 g/mol. The molecule has 0 spiro atoms. The smallest absolute Gasteiger partial charge is 0.124 e. The van der Waals surface area contributed by atoms with E-state index in [1.165, 1.54) is 0 Å². The van der Waals surface area contributed by atoms with Gasteiger partial charge in [-0.3, -0.25) is 4.98 Å². The highest BCUT2D eigenvalue weighted by molar-refractivity contribution is 5.87. The summed E-state index contributed by atoms with van der Waals surface area (Å²) in [7, 11) is 0. The molecule has 3 heteroatoms. The molecule has 2 rings (SSSR count). The lowest BCUT2D eigenvalue weighted by Gasteiger charge is -2.09. The van der Waals surface area contributed by atoms with E-state index in [-0.39, 0.29) is 11.8 Å². The number of nitrogens with zero attached hydrogens (tertiary/aromatic N) is 1. The van der Waals surface area contributed by atoms with Crippen LogP contribution in [0.4, 0.5) is 0 Å². The van der Waals surface area contributed by atoms with Gasteiger partial charge in [0.1, 0.15) is 5.75 Å². The van der Waals surface area contributed by atoms with E-state index in [0.29, 0.717) is 0 Å². The zero-order valence-electron chi connectivity index (χ0n) is 7.94. The topological polar surface area (TPSA) is 59.1 Å². The summed E-state index contributed by atoms with van der Waals surface area (Å²) < 4.78 is 0. The van der Waals surface area contributed by atoms with Crippen molar-refractivity contribution in [2.45, 2.75) is 13.0 Å². The van der Waals surface area contributed by atoms with Crippen molar-refractivity contribution in [1.82, 2.24) is 4.98 Å². The quantitative estimate of drug-likeness (QED) is 0.719. The molecule has 2 aromatic rings. The minimum absolute atomic E-state index is 0.0759. The van der Waals surface area contributed by atoms with Crippen LogP contribution in [0.2, 0.25) is 0 Å². The molecule has 1 aromatic heterocycles. The van der Waals surface area contributed by atoms with E-state index < -0.39 is 0 Å². The number of aromatic hydroxyl groups is 1. The van der Waals surface area contributed by atoms with Gasteiger partial charge in [-0.2, -0.15) is 0 Å². The van der Waals surface area contributed by atoms with Crippen molar-refractivity contribution in [3.8, 4) is 5.75 Å². The van der Waals surface area contributed by atoms with Crippen LogP contribution >= 0.6 is 0 Å². The van der Waals surface area contributed by atoms with Crippen molar-refractivity contribution in [1.29, 1.82) is 0 Å². The van der Waals surface area contributed by atoms with Gasteiger partial charge in [0.05, 0.1) is 5.52 Å². The largest absolute Gasteiger partial charge is 0.507 e. The van der Waals surface area contributed by atoms with Gasteiger partial charge in [-0.05, 0) is 30.7 Å². The van der Waals surface area contributed by atoms with Crippen molar-refractivity contribution in [3.63, 3.8) is 0 Å². The molecule has 0 fully saturated rings. The second-order valence-electron chi connectivity index (χ2n) is 3.36. The Morgan fingerprint density at radius 1 is 1.36 bits per heavy atom. The van der Waals surface area contributed by atoms with Crippen LogP contribution in [-0.4, -0.2) is 10.1 Å². The van der Waals surface area contributed by atoms with Gasteiger partial charge in [-0.15, -0.1) is 0 Å². The van der Waals surface area contributed by atoms with Crippen LogP contribution in [-0.2, 0) is 0 Å². The Labute approximate surface area is 82.2 Å². The molecule has 1 unspecified atom stereocenters. The summed E-state index contributed by atoms with van der Waals surface area (Å²) in [5.41, 5.74) is 7.55. The number of benzene rings is 1. The Morgan fingerprint density at radius 3 is 2.86 bits per heavy atom. The molecule has 1 heterocycles. The molecule has 72 valence electrons. The summed E-state index contributed by atoms with van der Waals surface area (Å²) >= 11 is 0. The van der Waals surface area contributed by atoms with E-state index in [1.54, 1.807) is 18.3 Å². The average molecular weight is 188 g/mol. The second kappa shape index (κ2) is 3.27. The normalized spacial score (nSPS) is 13.0. The highest BCUT2D eigenvalue weighted by atomic mass is 16.3. The number of hydrogen-bond acceptors (Lipinski definition) is 3. The van der Waals surface area contributed by atoms with Gasteiger partial charge >= 0.3 is 0 Å². The highest BCUT2D eigenvalue weighted by Crippen LogP contribution is 2.28. The number of fused-ring (bicyclic) bond motifs is 1. The van der Waals surface area contributed by atoms with E-state index >= 15 is 0 Å². The van der Waals surface area contributed by atoms with Crippen molar-refractivity contribution in [3.05, 3.63) is 36.0 Å². The maximum absolute atomic E-state index is 9.60. The number of hydrogen-bond donors (Lipinski definition) is 2. The van der Waals surface area contributed by atoms with E-state index in [9.17, 15) is 5.11 Å². The highest BCUT2D eigenvalue weighted by Gasteiger charge is 2.08. The van der Waals surface area contributed by atoms with Gasteiger partial charge < -0.3 is 10.8 Å². The maximum atomic E-state index is 9.60. The fourth-order valence-corrected chi connectivity index (χ4v) is 1.55. The molecule has 0 radical (unpaired) electrons. The number of rotatable bonds is 1. The Hall–Kier alpha value is -1.61. The van der Waals surface area contributed by atoms with Crippen molar-refractivity contribution in [2.75, 3.05) is 0 Å². The monoisotopic (exact) mass is 188 g/mol. The van der Waals surface area contributed by atoms with Crippen molar-refractivity contribution in [2.24, 2.45) is 5.73 Å². The van der Waals surface area contributed by atoms with Crippen LogP contribution in [0.1, 0.15) is 18.5 Å². The first-order valence-corrected chi connectivity index (χ1v) is 4.52. The zero-order chi connectivity index (χ0) is 10.1. The van der Waals surface area contributed by atoms with E-state index in [2.05, 4.69) is 4.98 Å². The van der Waals surface area contributed by atoms with Crippen LogP contribution in [0.15, 0.2) is 30.5 Å². The molecule has 0 aliphatic rings. The zero-order valence-corrected chi connectivity index (χ0v) is 7.94. The molecule has 1 atom stereocenters. The molecule has 14 heavy (non-hydrogen) atoms. The standard InChI is InChI=1S/C11H12N2O/c1-7(12)8-4-5-10(14)9-3-2-6-13-11(8)9/h2-7,14H,12H2,1H3. The fraction of sp³-hybridized carbons (Fsp3) is 0.182. The van der Waals surface area contributed by atoms with Crippen LogP contribution < -0.4 is 5.73 Å². The van der Waals surface area contributed by atoms with E-state index in [1.807, 2.05) is 19.1 Å². The SMILES string of the molecule is CC(N)c1ccc(O)c2cccnc12. The van der Waals surface area contributed by atoms with Crippen molar-refractivity contribution >= 4 is 10.9 Å².